The Balaban J connectivity index is 3.07. The summed E-state index contributed by atoms with van der Waals surface area (Å²) >= 11 is 0. The molecule has 0 amide bonds. The van der Waals surface area contributed by atoms with Crippen molar-refractivity contribution in [3.8, 4) is 0 Å². The molecule has 0 aliphatic carbocycles. The first-order valence-electron chi connectivity index (χ1n) is 14.5. The summed E-state index contributed by atoms with van der Waals surface area (Å²) in [6.07, 6.45) is 35.7. The van der Waals surface area contributed by atoms with Gasteiger partial charge in [-0.15, -0.1) is 0 Å². The van der Waals surface area contributed by atoms with Crippen LogP contribution in [0.4, 0.5) is 0 Å². The van der Waals surface area contributed by atoms with Crippen LogP contribution in [0.5, 0.6) is 0 Å². The average Bonchev–Trinajstić information content (AvgIpc) is 2.75. The fourth-order valence-electron chi connectivity index (χ4n) is 4.59. The number of hydrogen-bond donors (Lipinski definition) is 1. The van der Waals surface area contributed by atoms with Crippen molar-refractivity contribution >= 4 is 0 Å². The van der Waals surface area contributed by atoms with E-state index < -0.39 is 0 Å². The van der Waals surface area contributed by atoms with Gasteiger partial charge in [-0.3, -0.25) is 0 Å². The molecule has 0 aromatic carbocycles. The second-order valence-corrected chi connectivity index (χ2v) is 10.0. The Morgan fingerprint density at radius 1 is 0.333 bits per heavy atom. The molecule has 0 aliphatic heterocycles. The van der Waals surface area contributed by atoms with Crippen LogP contribution in [0.1, 0.15) is 181 Å². The third kappa shape index (κ3) is 26.0. The third-order valence-electron chi connectivity index (χ3n) is 6.78. The lowest BCUT2D eigenvalue weighted by atomic mass is 10.0. The topological polar surface area (TPSA) is 20.2 Å². The van der Waals surface area contributed by atoms with Crippen molar-refractivity contribution in [1.82, 2.24) is 0 Å². The number of hydrogen-bond acceptors (Lipinski definition) is 1. The predicted molar refractivity (Wildman–Crippen MR) is 137 cm³/mol. The van der Waals surface area contributed by atoms with E-state index in [0.717, 1.165) is 12.8 Å². The van der Waals surface area contributed by atoms with Crippen molar-refractivity contribution in [3.63, 3.8) is 0 Å². The maximum Gasteiger partial charge on any atom is 0.0540 e. The first-order chi connectivity index (χ1) is 14.8. The molecule has 0 radical (unpaired) electrons. The molecule has 0 aromatic heterocycles. The lowest BCUT2D eigenvalue weighted by Gasteiger charge is -2.10. The van der Waals surface area contributed by atoms with Crippen LogP contribution >= 0.6 is 0 Å². The highest BCUT2D eigenvalue weighted by Gasteiger charge is 2.03. The SMILES string of the molecule is CCCCCCCCCCCCCCCCCCCCCC(O)CCCCCCC. The van der Waals surface area contributed by atoms with Gasteiger partial charge in [0, 0.05) is 0 Å². The van der Waals surface area contributed by atoms with Gasteiger partial charge in [-0.1, -0.05) is 168 Å². The first kappa shape index (κ1) is 30.0. The van der Waals surface area contributed by atoms with Crippen molar-refractivity contribution in [2.45, 2.75) is 187 Å². The van der Waals surface area contributed by atoms with Crippen LogP contribution in [0.15, 0.2) is 0 Å². The highest BCUT2D eigenvalue weighted by Crippen LogP contribution is 2.16. The van der Waals surface area contributed by atoms with Gasteiger partial charge in [-0.2, -0.15) is 0 Å². The highest BCUT2D eigenvalue weighted by molar-refractivity contribution is 4.57. The molecule has 0 bridgehead atoms. The molecule has 1 unspecified atom stereocenters. The van der Waals surface area contributed by atoms with Crippen LogP contribution < -0.4 is 0 Å². The van der Waals surface area contributed by atoms with Crippen molar-refractivity contribution in [1.29, 1.82) is 0 Å². The maximum atomic E-state index is 10.0. The summed E-state index contributed by atoms with van der Waals surface area (Å²) < 4.78 is 0. The van der Waals surface area contributed by atoms with E-state index in [1.807, 2.05) is 0 Å². The quantitative estimate of drug-likeness (QED) is 0.137. The molecule has 30 heavy (non-hydrogen) atoms. The molecule has 0 fully saturated rings. The molecular formula is C29H60O. The Kier molecular flexibility index (Phi) is 27.0. The lowest BCUT2D eigenvalue weighted by molar-refractivity contribution is 0.147. The van der Waals surface area contributed by atoms with E-state index in [2.05, 4.69) is 13.8 Å². The average molecular weight is 425 g/mol. The Morgan fingerprint density at radius 3 is 0.767 bits per heavy atom. The van der Waals surface area contributed by atoms with Crippen molar-refractivity contribution in [3.05, 3.63) is 0 Å². The maximum absolute atomic E-state index is 10.0. The van der Waals surface area contributed by atoms with E-state index >= 15 is 0 Å². The van der Waals surface area contributed by atoms with Crippen LogP contribution in [-0.2, 0) is 0 Å². The van der Waals surface area contributed by atoms with E-state index in [4.69, 9.17) is 0 Å². The Labute approximate surface area is 192 Å². The second kappa shape index (κ2) is 27.0. The molecule has 0 spiro atoms. The van der Waals surface area contributed by atoms with Gasteiger partial charge in [0.15, 0.2) is 0 Å². The number of aliphatic hydroxyl groups excluding tert-OH is 1. The Bertz CT molecular complexity index is 288. The smallest absolute Gasteiger partial charge is 0.0540 e. The van der Waals surface area contributed by atoms with E-state index in [-0.39, 0.29) is 6.10 Å². The summed E-state index contributed by atoms with van der Waals surface area (Å²) in [6, 6.07) is 0. The molecule has 0 rings (SSSR count). The predicted octanol–water partition coefficient (Wildman–Crippen LogP) is 10.5. The van der Waals surface area contributed by atoms with E-state index in [0.29, 0.717) is 0 Å². The van der Waals surface area contributed by atoms with E-state index in [1.165, 1.54) is 154 Å². The third-order valence-corrected chi connectivity index (χ3v) is 6.78. The molecule has 0 aliphatic rings. The molecule has 0 heterocycles. The van der Waals surface area contributed by atoms with Crippen molar-refractivity contribution in [2.75, 3.05) is 0 Å². The van der Waals surface area contributed by atoms with Gasteiger partial charge in [-0.25, -0.2) is 0 Å². The first-order valence-corrected chi connectivity index (χ1v) is 14.5. The minimum Gasteiger partial charge on any atom is -0.393 e. The van der Waals surface area contributed by atoms with Crippen LogP contribution in [0.2, 0.25) is 0 Å². The summed E-state index contributed by atoms with van der Waals surface area (Å²) in [6.45, 7) is 4.56. The standard InChI is InChI=1S/C29H60O/c1-3-5-7-9-10-11-12-13-14-15-16-17-18-19-20-21-22-24-26-28-29(30)27-25-23-8-6-4-2/h29-30H,3-28H2,1-2H3. The van der Waals surface area contributed by atoms with Gasteiger partial charge in [-0.05, 0) is 12.8 Å². The zero-order chi connectivity index (χ0) is 22.0. The van der Waals surface area contributed by atoms with E-state index in [1.54, 1.807) is 0 Å². The monoisotopic (exact) mass is 424 g/mol. The molecule has 1 atom stereocenters. The van der Waals surface area contributed by atoms with Crippen LogP contribution in [0, 0.1) is 0 Å². The van der Waals surface area contributed by atoms with Gasteiger partial charge >= 0.3 is 0 Å². The molecule has 0 aromatic rings. The molecule has 1 nitrogen and oxygen atoms in total. The Hall–Kier alpha value is -0.0400. The van der Waals surface area contributed by atoms with Gasteiger partial charge in [0.1, 0.15) is 0 Å². The zero-order valence-corrected chi connectivity index (χ0v) is 21.4. The van der Waals surface area contributed by atoms with Gasteiger partial charge < -0.3 is 5.11 Å². The second-order valence-electron chi connectivity index (χ2n) is 10.0. The summed E-state index contributed by atoms with van der Waals surface area (Å²) in [4.78, 5) is 0. The Morgan fingerprint density at radius 2 is 0.533 bits per heavy atom. The number of unbranched alkanes of at least 4 members (excludes halogenated alkanes) is 22. The highest BCUT2D eigenvalue weighted by atomic mass is 16.3. The fraction of sp³-hybridized carbons (Fsp3) is 1.00. The zero-order valence-electron chi connectivity index (χ0n) is 21.4. The normalized spacial score (nSPS) is 12.5. The van der Waals surface area contributed by atoms with Gasteiger partial charge in [0.2, 0.25) is 0 Å². The van der Waals surface area contributed by atoms with Crippen molar-refractivity contribution in [2.24, 2.45) is 0 Å². The van der Waals surface area contributed by atoms with E-state index in [9.17, 15) is 5.11 Å². The molecule has 1 N–H and O–H groups in total. The lowest BCUT2D eigenvalue weighted by Crippen LogP contribution is -2.05. The number of aliphatic hydroxyl groups is 1. The summed E-state index contributed by atoms with van der Waals surface area (Å²) in [5.74, 6) is 0. The molecule has 0 saturated heterocycles. The van der Waals surface area contributed by atoms with Gasteiger partial charge in [0.05, 0.1) is 6.10 Å². The largest absolute Gasteiger partial charge is 0.393 e. The summed E-state index contributed by atoms with van der Waals surface area (Å²) in [7, 11) is 0. The van der Waals surface area contributed by atoms with Crippen LogP contribution in [-0.4, -0.2) is 11.2 Å². The minimum atomic E-state index is -0.0302. The fourth-order valence-corrected chi connectivity index (χ4v) is 4.59. The number of rotatable bonds is 26. The van der Waals surface area contributed by atoms with Crippen LogP contribution in [0.3, 0.4) is 0 Å². The molecule has 182 valence electrons. The summed E-state index contributed by atoms with van der Waals surface area (Å²) in [5, 5.41) is 10.0. The summed E-state index contributed by atoms with van der Waals surface area (Å²) in [5.41, 5.74) is 0. The molecule has 0 saturated carbocycles. The van der Waals surface area contributed by atoms with Crippen LogP contribution in [0.25, 0.3) is 0 Å². The van der Waals surface area contributed by atoms with Gasteiger partial charge in [0.25, 0.3) is 0 Å². The van der Waals surface area contributed by atoms with Crippen molar-refractivity contribution < 1.29 is 5.11 Å². The minimum absolute atomic E-state index is 0.0302. The molecule has 1 heteroatoms. The molecular weight excluding hydrogens is 364 g/mol.